The van der Waals surface area contributed by atoms with Gasteiger partial charge in [-0.3, -0.25) is 4.98 Å². The Hall–Kier alpha value is -2.55. The molecule has 28 heavy (non-hydrogen) atoms. The molecule has 0 saturated heterocycles. The minimum Gasteiger partial charge on any atom is -0.368 e. The molecule has 0 fully saturated rings. The molecule has 0 bridgehead atoms. The van der Waals surface area contributed by atoms with Crippen LogP contribution in [0, 0.1) is 6.92 Å². The number of nitrogen functional groups attached to an aromatic ring is 1. The standard InChI is InChI=1S/C19H20ClN5O2S/c1-12-16(11-24-19(21)25-12)15-8-14(18(20)17(9-15)28(22,26)27)6-2-4-13-5-3-7-23-10-13/h3,5,7-11H,2,4,6H2,1H3,(H2,21,24,25)(H2,22,26,27). The molecule has 2 heterocycles. The summed E-state index contributed by atoms with van der Waals surface area (Å²) in [5, 5.41) is 5.53. The third-order valence-electron chi connectivity index (χ3n) is 4.36. The number of benzene rings is 1. The summed E-state index contributed by atoms with van der Waals surface area (Å²) in [6, 6.07) is 7.17. The number of anilines is 1. The average Bonchev–Trinajstić information content (AvgIpc) is 2.63. The highest BCUT2D eigenvalue weighted by molar-refractivity contribution is 7.89. The summed E-state index contributed by atoms with van der Waals surface area (Å²) in [5.74, 6) is 0.151. The highest BCUT2D eigenvalue weighted by Gasteiger charge is 2.19. The number of aryl methyl sites for hydroxylation is 3. The van der Waals surface area contributed by atoms with E-state index < -0.39 is 10.0 Å². The fraction of sp³-hybridized carbons (Fsp3) is 0.211. The van der Waals surface area contributed by atoms with Gasteiger partial charge >= 0.3 is 0 Å². The zero-order chi connectivity index (χ0) is 20.3. The first kappa shape index (κ1) is 20.2. The molecule has 146 valence electrons. The number of sulfonamides is 1. The fourth-order valence-electron chi connectivity index (χ4n) is 3.00. The van der Waals surface area contributed by atoms with E-state index in [0.717, 1.165) is 18.4 Å². The number of halogens is 1. The Labute approximate surface area is 168 Å². The average molecular weight is 418 g/mol. The van der Waals surface area contributed by atoms with Crippen LogP contribution >= 0.6 is 11.6 Å². The monoisotopic (exact) mass is 417 g/mol. The maximum atomic E-state index is 12.1. The molecule has 4 N–H and O–H groups in total. The molecular formula is C19H20ClN5O2S. The second kappa shape index (κ2) is 8.22. The van der Waals surface area contributed by atoms with Crippen molar-refractivity contribution >= 4 is 27.6 Å². The summed E-state index contributed by atoms with van der Waals surface area (Å²) in [5.41, 5.74) is 9.35. The Kier molecular flexibility index (Phi) is 5.93. The predicted molar refractivity (Wildman–Crippen MR) is 109 cm³/mol. The fourth-order valence-corrected chi connectivity index (χ4v) is 4.20. The van der Waals surface area contributed by atoms with E-state index in [-0.39, 0.29) is 15.9 Å². The van der Waals surface area contributed by atoms with E-state index in [0.29, 0.717) is 28.8 Å². The van der Waals surface area contributed by atoms with Gasteiger partial charge < -0.3 is 5.73 Å². The lowest BCUT2D eigenvalue weighted by Crippen LogP contribution is -2.14. The Bertz CT molecular complexity index is 1100. The molecular weight excluding hydrogens is 398 g/mol. The molecule has 0 amide bonds. The Morgan fingerprint density at radius 3 is 2.61 bits per heavy atom. The quantitative estimate of drug-likeness (QED) is 0.635. The SMILES string of the molecule is Cc1nc(N)ncc1-c1cc(CCCc2cccnc2)c(Cl)c(S(N)(=O)=O)c1. The van der Waals surface area contributed by atoms with Crippen molar-refractivity contribution in [3.63, 3.8) is 0 Å². The number of aromatic nitrogens is 3. The van der Waals surface area contributed by atoms with Crippen molar-refractivity contribution in [1.82, 2.24) is 15.0 Å². The van der Waals surface area contributed by atoms with Crippen LogP contribution in [-0.4, -0.2) is 23.4 Å². The molecule has 0 atom stereocenters. The van der Waals surface area contributed by atoms with Gasteiger partial charge in [-0.25, -0.2) is 23.5 Å². The van der Waals surface area contributed by atoms with Crippen LogP contribution in [0.3, 0.4) is 0 Å². The molecule has 0 unspecified atom stereocenters. The highest BCUT2D eigenvalue weighted by Crippen LogP contribution is 2.33. The summed E-state index contributed by atoms with van der Waals surface area (Å²) in [6.45, 7) is 1.78. The van der Waals surface area contributed by atoms with Crippen molar-refractivity contribution in [3.05, 3.63) is 64.7 Å². The summed E-state index contributed by atoms with van der Waals surface area (Å²) in [4.78, 5) is 12.1. The molecule has 9 heteroatoms. The van der Waals surface area contributed by atoms with Crippen molar-refractivity contribution in [2.75, 3.05) is 5.73 Å². The first-order valence-electron chi connectivity index (χ1n) is 8.59. The maximum absolute atomic E-state index is 12.1. The zero-order valence-electron chi connectivity index (χ0n) is 15.3. The van der Waals surface area contributed by atoms with Crippen molar-refractivity contribution in [2.45, 2.75) is 31.1 Å². The van der Waals surface area contributed by atoms with Crippen LogP contribution in [0.4, 0.5) is 5.95 Å². The first-order valence-corrected chi connectivity index (χ1v) is 10.5. The second-order valence-corrected chi connectivity index (χ2v) is 8.34. The van der Waals surface area contributed by atoms with Gasteiger partial charge in [0.2, 0.25) is 16.0 Å². The highest BCUT2D eigenvalue weighted by atomic mass is 35.5. The number of primary sulfonamides is 1. The normalized spacial score (nSPS) is 11.5. The Morgan fingerprint density at radius 2 is 1.96 bits per heavy atom. The van der Waals surface area contributed by atoms with Crippen molar-refractivity contribution < 1.29 is 8.42 Å². The van der Waals surface area contributed by atoms with Gasteiger partial charge in [0.15, 0.2) is 0 Å². The molecule has 0 saturated carbocycles. The zero-order valence-corrected chi connectivity index (χ0v) is 16.8. The minimum absolute atomic E-state index is 0.112. The summed E-state index contributed by atoms with van der Waals surface area (Å²) >= 11 is 6.38. The van der Waals surface area contributed by atoms with Gasteiger partial charge in [-0.2, -0.15) is 0 Å². The number of hydrogen-bond acceptors (Lipinski definition) is 6. The topological polar surface area (TPSA) is 125 Å². The van der Waals surface area contributed by atoms with E-state index in [4.69, 9.17) is 22.5 Å². The van der Waals surface area contributed by atoms with Crippen LogP contribution in [0.1, 0.15) is 23.2 Å². The molecule has 0 radical (unpaired) electrons. The smallest absolute Gasteiger partial charge is 0.239 e. The van der Waals surface area contributed by atoms with Crippen LogP contribution in [0.5, 0.6) is 0 Å². The van der Waals surface area contributed by atoms with Crippen LogP contribution in [0.2, 0.25) is 5.02 Å². The van der Waals surface area contributed by atoms with E-state index in [9.17, 15) is 8.42 Å². The van der Waals surface area contributed by atoms with E-state index in [2.05, 4.69) is 15.0 Å². The van der Waals surface area contributed by atoms with Gasteiger partial charge in [0.25, 0.3) is 0 Å². The van der Waals surface area contributed by atoms with Gasteiger partial charge in [0.1, 0.15) is 4.90 Å². The van der Waals surface area contributed by atoms with E-state index in [1.54, 1.807) is 19.3 Å². The van der Waals surface area contributed by atoms with Crippen molar-refractivity contribution in [1.29, 1.82) is 0 Å². The minimum atomic E-state index is -3.99. The Morgan fingerprint density at radius 1 is 1.18 bits per heavy atom. The maximum Gasteiger partial charge on any atom is 0.239 e. The number of rotatable bonds is 6. The third kappa shape index (κ3) is 4.64. The molecule has 3 rings (SSSR count). The summed E-state index contributed by atoms with van der Waals surface area (Å²) in [7, 11) is -3.99. The van der Waals surface area contributed by atoms with Crippen molar-refractivity contribution in [3.8, 4) is 11.1 Å². The van der Waals surface area contributed by atoms with Crippen LogP contribution < -0.4 is 10.9 Å². The molecule has 0 spiro atoms. The number of hydrogen-bond donors (Lipinski definition) is 2. The molecule has 3 aromatic rings. The number of nitrogens with zero attached hydrogens (tertiary/aromatic N) is 3. The van der Waals surface area contributed by atoms with Gasteiger partial charge in [-0.15, -0.1) is 0 Å². The lowest BCUT2D eigenvalue weighted by molar-refractivity contribution is 0.597. The lowest BCUT2D eigenvalue weighted by Gasteiger charge is -2.13. The van der Waals surface area contributed by atoms with Crippen LogP contribution in [0.25, 0.3) is 11.1 Å². The molecule has 0 aliphatic heterocycles. The molecule has 2 aromatic heterocycles. The Balaban J connectivity index is 1.98. The third-order valence-corrected chi connectivity index (χ3v) is 5.86. The largest absolute Gasteiger partial charge is 0.368 e. The lowest BCUT2D eigenvalue weighted by atomic mass is 9.99. The van der Waals surface area contributed by atoms with Crippen LogP contribution in [-0.2, 0) is 22.9 Å². The molecule has 0 aliphatic rings. The van der Waals surface area contributed by atoms with E-state index in [1.807, 2.05) is 24.4 Å². The molecule has 7 nitrogen and oxygen atoms in total. The predicted octanol–water partition coefficient (Wildman–Crippen LogP) is 2.91. The summed E-state index contributed by atoms with van der Waals surface area (Å²) < 4.78 is 24.1. The van der Waals surface area contributed by atoms with Crippen molar-refractivity contribution in [2.24, 2.45) is 5.14 Å². The first-order chi connectivity index (χ1) is 13.3. The number of pyridine rings is 1. The van der Waals surface area contributed by atoms with Gasteiger partial charge in [0, 0.05) is 24.2 Å². The second-order valence-electron chi connectivity index (χ2n) is 6.43. The van der Waals surface area contributed by atoms with Gasteiger partial charge in [-0.1, -0.05) is 17.7 Å². The van der Waals surface area contributed by atoms with Gasteiger partial charge in [0.05, 0.1) is 10.7 Å². The number of nitrogens with two attached hydrogens (primary N) is 2. The molecule has 1 aromatic carbocycles. The van der Waals surface area contributed by atoms with Gasteiger partial charge in [-0.05, 0) is 61.1 Å². The van der Waals surface area contributed by atoms with Crippen LogP contribution in [0.15, 0.2) is 47.8 Å². The van der Waals surface area contributed by atoms with E-state index in [1.165, 1.54) is 6.07 Å². The van der Waals surface area contributed by atoms with E-state index >= 15 is 0 Å². The summed E-state index contributed by atoms with van der Waals surface area (Å²) in [6.07, 6.45) is 7.24. The molecule has 0 aliphatic carbocycles.